The fourth-order valence-corrected chi connectivity index (χ4v) is 4.44. The van der Waals surface area contributed by atoms with Crippen molar-refractivity contribution in [2.45, 2.75) is 45.4 Å². The van der Waals surface area contributed by atoms with Crippen molar-refractivity contribution in [1.82, 2.24) is 4.90 Å². The fourth-order valence-electron chi connectivity index (χ4n) is 2.89. The minimum atomic E-state index is -0.887. The first kappa shape index (κ1) is 25.0. The molecule has 1 aromatic heterocycles. The zero-order valence-electron chi connectivity index (χ0n) is 18.6. The minimum absolute atomic E-state index is 0.0881. The van der Waals surface area contributed by atoms with Gasteiger partial charge in [0.1, 0.15) is 23.1 Å². The highest BCUT2D eigenvalue weighted by molar-refractivity contribution is 9.10. The predicted octanol–water partition coefficient (Wildman–Crippen LogP) is 5.05. The Morgan fingerprint density at radius 2 is 1.84 bits per heavy atom. The summed E-state index contributed by atoms with van der Waals surface area (Å²) in [4.78, 5) is 28.3. The van der Waals surface area contributed by atoms with Gasteiger partial charge < -0.3 is 18.9 Å². The van der Waals surface area contributed by atoms with Gasteiger partial charge in [0.25, 0.3) is 0 Å². The topological polar surface area (TPSA) is 74.3 Å². The molecular formula is C22H28BrNO6S. The Morgan fingerprint density at radius 3 is 2.35 bits per heavy atom. The third kappa shape index (κ3) is 6.87. The maximum absolute atomic E-state index is 13.2. The Hall–Kier alpha value is -2.26. The molecule has 1 aromatic carbocycles. The number of rotatable bonds is 8. The lowest BCUT2D eigenvalue weighted by molar-refractivity contribution is -0.147. The van der Waals surface area contributed by atoms with Crippen molar-refractivity contribution in [3.8, 4) is 11.5 Å². The van der Waals surface area contributed by atoms with Crippen molar-refractivity contribution in [2.24, 2.45) is 0 Å². The molecule has 0 spiro atoms. The molecule has 9 heteroatoms. The number of hydrogen-bond donors (Lipinski definition) is 0. The van der Waals surface area contributed by atoms with Crippen LogP contribution in [0.5, 0.6) is 11.5 Å². The van der Waals surface area contributed by atoms with E-state index in [-0.39, 0.29) is 13.0 Å². The van der Waals surface area contributed by atoms with Crippen molar-refractivity contribution in [3.05, 3.63) is 44.6 Å². The number of methoxy groups -OCH3 is 3. The molecule has 0 bridgehead atoms. The van der Waals surface area contributed by atoms with Gasteiger partial charge in [0.05, 0.1) is 27.9 Å². The maximum Gasteiger partial charge on any atom is 0.411 e. The summed E-state index contributed by atoms with van der Waals surface area (Å²) in [6.45, 7) is 5.42. The van der Waals surface area contributed by atoms with Gasteiger partial charge in [-0.1, -0.05) is 0 Å². The van der Waals surface area contributed by atoms with E-state index in [2.05, 4.69) is 15.9 Å². The summed E-state index contributed by atoms with van der Waals surface area (Å²) in [7, 11) is 4.41. The van der Waals surface area contributed by atoms with Gasteiger partial charge in [-0.15, -0.1) is 11.3 Å². The third-order valence-corrected chi connectivity index (χ3v) is 6.33. The summed E-state index contributed by atoms with van der Waals surface area (Å²) in [5.74, 6) is 0.629. The summed E-state index contributed by atoms with van der Waals surface area (Å²) in [6, 6.07) is 6.31. The van der Waals surface area contributed by atoms with E-state index in [1.54, 1.807) is 46.1 Å². The highest BCUT2D eigenvalue weighted by atomic mass is 79.9. The van der Waals surface area contributed by atoms with Crippen LogP contribution in [-0.4, -0.2) is 49.9 Å². The second-order valence-corrected chi connectivity index (χ2v) is 9.58. The summed E-state index contributed by atoms with van der Waals surface area (Å²) < 4.78 is 22.3. The third-order valence-electron chi connectivity index (χ3n) is 4.38. The summed E-state index contributed by atoms with van der Waals surface area (Å²) in [5.41, 5.74) is -0.0305. The average molecular weight is 514 g/mol. The lowest BCUT2D eigenvalue weighted by Gasteiger charge is -2.32. The lowest BCUT2D eigenvalue weighted by Crippen LogP contribution is -2.48. The molecular weight excluding hydrogens is 486 g/mol. The van der Waals surface area contributed by atoms with Crippen molar-refractivity contribution in [2.75, 3.05) is 21.3 Å². The Morgan fingerprint density at radius 1 is 1.13 bits per heavy atom. The van der Waals surface area contributed by atoms with E-state index in [4.69, 9.17) is 18.9 Å². The smallest absolute Gasteiger partial charge is 0.411 e. The Kier molecular flexibility index (Phi) is 8.76. The molecule has 170 valence electrons. The average Bonchev–Trinajstić information content (AvgIpc) is 3.13. The lowest BCUT2D eigenvalue weighted by atomic mass is 10.1. The van der Waals surface area contributed by atoms with Gasteiger partial charge in [-0.05, 0) is 60.3 Å². The molecule has 0 aliphatic heterocycles. The van der Waals surface area contributed by atoms with E-state index < -0.39 is 23.7 Å². The van der Waals surface area contributed by atoms with Crippen LogP contribution >= 0.6 is 27.3 Å². The first-order valence-electron chi connectivity index (χ1n) is 9.59. The van der Waals surface area contributed by atoms with Gasteiger partial charge in [-0.3, -0.25) is 4.90 Å². The van der Waals surface area contributed by atoms with E-state index in [1.165, 1.54) is 30.5 Å². The largest absolute Gasteiger partial charge is 0.497 e. The monoisotopic (exact) mass is 513 g/mol. The number of benzene rings is 1. The number of carbonyl (C=O) groups is 2. The number of esters is 1. The van der Waals surface area contributed by atoms with Crippen LogP contribution in [0.3, 0.4) is 0 Å². The Labute approximate surface area is 195 Å². The van der Waals surface area contributed by atoms with Gasteiger partial charge in [0, 0.05) is 27.4 Å². The fraction of sp³-hybridized carbons (Fsp3) is 0.455. The number of amides is 1. The van der Waals surface area contributed by atoms with Crippen LogP contribution in [-0.2, 0) is 27.2 Å². The molecule has 0 N–H and O–H groups in total. The maximum atomic E-state index is 13.2. The minimum Gasteiger partial charge on any atom is -0.497 e. The van der Waals surface area contributed by atoms with Gasteiger partial charge in [-0.2, -0.15) is 0 Å². The molecule has 0 saturated carbocycles. The number of thiophene rings is 1. The van der Waals surface area contributed by atoms with Crippen LogP contribution < -0.4 is 9.47 Å². The van der Waals surface area contributed by atoms with E-state index in [0.29, 0.717) is 17.1 Å². The quantitative estimate of drug-likeness (QED) is 0.459. The Bertz CT molecular complexity index is 908. The molecule has 7 nitrogen and oxygen atoms in total. The number of ether oxygens (including phenoxy) is 4. The van der Waals surface area contributed by atoms with Gasteiger partial charge in [-0.25, -0.2) is 9.59 Å². The van der Waals surface area contributed by atoms with Crippen LogP contribution in [0.15, 0.2) is 34.1 Å². The van der Waals surface area contributed by atoms with Crippen molar-refractivity contribution < 1.29 is 28.5 Å². The molecule has 0 radical (unpaired) electrons. The number of carbonyl (C=O) groups excluding carboxylic acids is 2. The molecule has 0 aliphatic rings. The molecule has 1 atom stereocenters. The first-order chi connectivity index (χ1) is 14.6. The number of halogens is 1. The molecule has 0 saturated heterocycles. The van der Waals surface area contributed by atoms with E-state index in [0.717, 1.165) is 9.35 Å². The zero-order chi connectivity index (χ0) is 23.2. The van der Waals surface area contributed by atoms with Crippen LogP contribution in [0.4, 0.5) is 4.79 Å². The van der Waals surface area contributed by atoms with Gasteiger partial charge >= 0.3 is 12.1 Å². The molecule has 2 rings (SSSR count). The van der Waals surface area contributed by atoms with Crippen LogP contribution in [0.25, 0.3) is 0 Å². The Balaban J connectivity index is 2.47. The molecule has 1 heterocycles. The van der Waals surface area contributed by atoms with Crippen LogP contribution in [0, 0.1) is 0 Å². The molecule has 0 aliphatic carbocycles. The second kappa shape index (κ2) is 10.9. The van der Waals surface area contributed by atoms with Crippen LogP contribution in [0.1, 0.15) is 31.2 Å². The van der Waals surface area contributed by atoms with Gasteiger partial charge in [0.2, 0.25) is 0 Å². The van der Waals surface area contributed by atoms with E-state index >= 15 is 0 Å². The van der Waals surface area contributed by atoms with Crippen LogP contribution in [0.2, 0.25) is 0 Å². The highest BCUT2D eigenvalue weighted by Crippen LogP contribution is 2.30. The molecule has 1 unspecified atom stereocenters. The van der Waals surface area contributed by atoms with Crippen molar-refractivity contribution in [3.63, 3.8) is 0 Å². The van der Waals surface area contributed by atoms with Crippen molar-refractivity contribution >= 4 is 39.3 Å². The van der Waals surface area contributed by atoms with E-state index in [1.807, 2.05) is 11.4 Å². The molecule has 2 aromatic rings. The normalized spacial score (nSPS) is 12.1. The summed E-state index contributed by atoms with van der Waals surface area (Å²) in [5, 5.41) is 1.91. The number of hydrogen-bond acceptors (Lipinski definition) is 7. The molecule has 31 heavy (non-hydrogen) atoms. The SMILES string of the molecule is COC(=O)C(Cc1sccc1Br)N(Cc1ccc(OC)cc1OC)C(=O)OC(C)(C)C. The summed E-state index contributed by atoms with van der Waals surface area (Å²) in [6.07, 6.45) is -0.337. The summed E-state index contributed by atoms with van der Waals surface area (Å²) >= 11 is 4.99. The van der Waals surface area contributed by atoms with E-state index in [9.17, 15) is 9.59 Å². The predicted molar refractivity (Wildman–Crippen MR) is 123 cm³/mol. The van der Waals surface area contributed by atoms with Crippen molar-refractivity contribution in [1.29, 1.82) is 0 Å². The first-order valence-corrected chi connectivity index (χ1v) is 11.3. The standard InChI is InChI=1S/C22H28BrNO6S/c1-22(2,3)30-21(26)24(13-14-7-8-15(27-4)11-18(14)28-5)17(20(25)29-6)12-19-16(23)9-10-31-19/h7-11,17H,12-13H2,1-6H3. The van der Waals surface area contributed by atoms with Gasteiger partial charge in [0.15, 0.2) is 0 Å². The molecule has 1 amide bonds. The highest BCUT2D eigenvalue weighted by Gasteiger charge is 2.35. The number of nitrogens with zero attached hydrogens (tertiary/aromatic N) is 1. The second-order valence-electron chi connectivity index (χ2n) is 7.72. The zero-order valence-corrected chi connectivity index (χ0v) is 21.0. The molecule has 0 fully saturated rings.